The molecule has 0 bridgehead atoms. The van der Waals surface area contributed by atoms with E-state index in [4.69, 9.17) is 9.84 Å². The fraction of sp³-hybridized carbons (Fsp3) is 0.143. The van der Waals surface area contributed by atoms with Gasteiger partial charge in [-0.15, -0.1) is 0 Å². The molecule has 0 aliphatic heterocycles. The molecule has 2 aromatic rings. The van der Waals surface area contributed by atoms with Crippen LogP contribution in [0.3, 0.4) is 0 Å². The molecule has 1 aromatic heterocycles. The summed E-state index contributed by atoms with van der Waals surface area (Å²) >= 11 is 0. The van der Waals surface area contributed by atoms with Gasteiger partial charge in [0.25, 0.3) is 0 Å². The summed E-state index contributed by atoms with van der Waals surface area (Å²) in [7, 11) is 1.60. The van der Waals surface area contributed by atoms with Crippen LogP contribution >= 0.6 is 0 Å². The Labute approximate surface area is 105 Å². The van der Waals surface area contributed by atoms with E-state index in [1.807, 2.05) is 31.2 Å². The second-order valence-corrected chi connectivity index (χ2v) is 3.89. The number of benzene rings is 1. The van der Waals surface area contributed by atoms with Gasteiger partial charge in [-0.05, 0) is 30.7 Å². The third kappa shape index (κ3) is 2.18. The number of nitrogens with zero attached hydrogens (tertiary/aromatic N) is 1. The third-order valence-electron chi connectivity index (χ3n) is 2.69. The van der Waals surface area contributed by atoms with Gasteiger partial charge in [0.1, 0.15) is 5.75 Å². The fourth-order valence-electron chi connectivity index (χ4n) is 1.81. The van der Waals surface area contributed by atoms with Crippen molar-refractivity contribution in [2.75, 3.05) is 7.11 Å². The molecule has 1 heterocycles. The zero-order valence-corrected chi connectivity index (χ0v) is 10.2. The lowest BCUT2D eigenvalue weighted by Crippen LogP contribution is -2.00. The molecular formula is C14H13NO3. The number of carboxylic acids is 1. The van der Waals surface area contributed by atoms with Crippen molar-refractivity contribution in [2.24, 2.45) is 0 Å². The van der Waals surface area contributed by atoms with Gasteiger partial charge in [0.2, 0.25) is 0 Å². The maximum atomic E-state index is 10.9. The summed E-state index contributed by atoms with van der Waals surface area (Å²) in [6, 6.07) is 9.13. The lowest BCUT2D eigenvalue weighted by molar-refractivity contribution is 0.0696. The number of pyridine rings is 1. The molecule has 2 rings (SSSR count). The van der Waals surface area contributed by atoms with E-state index in [1.165, 1.54) is 6.20 Å². The maximum absolute atomic E-state index is 10.9. The second kappa shape index (κ2) is 4.87. The molecular weight excluding hydrogens is 230 g/mol. The maximum Gasteiger partial charge on any atom is 0.337 e. The molecule has 1 aromatic carbocycles. The summed E-state index contributed by atoms with van der Waals surface area (Å²) < 4.78 is 5.28. The van der Waals surface area contributed by atoms with Gasteiger partial charge in [0, 0.05) is 11.8 Å². The number of aryl methyl sites for hydroxylation is 1. The van der Waals surface area contributed by atoms with Crippen LogP contribution in [-0.2, 0) is 0 Å². The second-order valence-electron chi connectivity index (χ2n) is 3.89. The SMILES string of the molecule is COc1ccccc1-c1ncc(C(=O)O)cc1C. The molecule has 0 spiro atoms. The van der Waals surface area contributed by atoms with E-state index in [0.29, 0.717) is 0 Å². The topological polar surface area (TPSA) is 59.4 Å². The Bertz CT molecular complexity index is 593. The van der Waals surface area contributed by atoms with Gasteiger partial charge < -0.3 is 9.84 Å². The Hall–Kier alpha value is -2.36. The van der Waals surface area contributed by atoms with Gasteiger partial charge in [-0.2, -0.15) is 0 Å². The number of hydrogen-bond acceptors (Lipinski definition) is 3. The normalized spacial score (nSPS) is 10.1. The molecule has 0 saturated heterocycles. The first-order valence-electron chi connectivity index (χ1n) is 5.47. The average Bonchev–Trinajstić information content (AvgIpc) is 2.38. The average molecular weight is 243 g/mol. The number of para-hydroxylation sites is 1. The van der Waals surface area contributed by atoms with Crippen molar-refractivity contribution < 1.29 is 14.6 Å². The van der Waals surface area contributed by atoms with Crippen molar-refractivity contribution in [3.05, 3.63) is 47.7 Å². The summed E-state index contributed by atoms with van der Waals surface area (Å²) in [5, 5.41) is 8.91. The molecule has 0 saturated carbocycles. The van der Waals surface area contributed by atoms with E-state index in [0.717, 1.165) is 22.6 Å². The lowest BCUT2D eigenvalue weighted by atomic mass is 10.0. The number of rotatable bonds is 3. The number of carbonyl (C=O) groups is 1. The quantitative estimate of drug-likeness (QED) is 0.900. The number of aromatic nitrogens is 1. The van der Waals surface area contributed by atoms with E-state index in [9.17, 15) is 4.79 Å². The van der Waals surface area contributed by atoms with Gasteiger partial charge in [0.05, 0.1) is 18.4 Å². The van der Waals surface area contributed by atoms with Crippen molar-refractivity contribution in [3.63, 3.8) is 0 Å². The highest BCUT2D eigenvalue weighted by atomic mass is 16.5. The highest BCUT2D eigenvalue weighted by Crippen LogP contribution is 2.30. The number of methoxy groups -OCH3 is 1. The largest absolute Gasteiger partial charge is 0.496 e. The molecule has 0 aliphatic rings. The number of aromatic carboxylic acids is 1. The number of carboxylic acid groups (broad SMARTS) is 1. The first kappa shape index (κ1) is 12.1. The number of ether oxygens (including phenoxy) is 1. The highest BCUT2D eigenvalue weighted by molar-refractivity contribution is 5.88. The zero-order valence-electron chi connectivity index (χ0n) is 10.2. The molecule has 0 unspecified atom stereocenters. The molecule has 0 radical (unpaired) electrons. The minimum atomic E-state index is -0.975. The Morgan fingerprint density at radius 2 is 2.06 bits per heavy atom. The molecule has 0 aliphatic carbocycles. The first-order chi connectivity index (χ1) is 8.63. The Kier molecular flexibility index (Phi) is 3.28. The fourth-order valence-corrected chi connectivity index (χ4v) is 1.81. The van der Waals surface area contributed by atoms with Crippen molar-refractivity contribution in [3.8, 4) is 17.0 Å². The van der Waals surface area contributed by atoms with E-state index in [-0.39, 0.29) is 5.56 Å². The predicted octanol–water partition coefficient (Wildman–Crippen LogP) is 2.76. The van der Waals surface area contributed by atoms with Gasteiger partial charge in [-0.1, -0.05) is 12.1 Å². The molecule has 0 amide bonds. The number of hydrogen-bond donors (Lipinski definition) is 1. The minimum Gasteiger partial charge on any atom is -0.496 e. The van der Waals surface area contributed by atoms with E-state index >= 15 is 0 Å². The van der Waals surface area contributed by atoms with Gasteiger partial charge in [-0.25, -0.2) is 4.79 Å². The van der Waals surface area contributed by atoms with Gasteiger partial charge in [-0.3, -0.25) is 4.98 Å². The zero-order chi connectivity index (χ0) is 13.1. The van der Waals surface area contributed by atoms with E-state index in [1.54, 1.807) is 13.2 Å². The Balaban J connectivity index is 2.54. The first-order valence-corrected chi connectivity index (χ1v) is 5.47. The summed E-state index contributed by atoms with van der Waals surface area (Å²) in [6.07, 6.45) is 1.36. The van der Waals surface area contributed by atoms with Gasteiger partial charge in [0.15, 0.2) is 0 Å². The van der Waals surface area contributed by atoms with Crippen LogP contribution in [0.4, 0.5) is 0 Å². The highest BCUT2D eigenvalue weighted by Gasteiger charge is 2.11. The van der Waals surface area contributed by atoms with Crippen LogP contribution in [0.5, 0.6) is 5.75 Å². The molecule has 0 fully saturated rings. The lowest BCUT2D eigenvalue weighted by Gasteiger charge is -2.10. The van der Waals surface area contributed by atoms with Crippen LogP contribution in [-0.4, -0.2) is 23.2 Å². The molecule has 4 nitrogen and oxygen atoms in total. The molecule has 18 heavy (non-hydrogen) atoms. The van der Waals surface area contributed by atoms with Crippen LogP contribution in [0.25, 0.3) is 11.3 Å². The van der Waals surface area contributed by atoms with Crippen molar-refractivity contribution >= 4 is 5.97 Å². The van der Waals surface area contributed by atoms with Crippen LogP contribution in [0.1, 0.15) is 15.9 Å². The smallest absolute Gasteiger partial charge is 0.337 e. The standard InChI is InChI=1S/C14H13NO3/c1-9-7-10(14(16)17)8-15-13(9)11-5-3-4-6-12(11)18-2/h3-8H,1-2H3,(H,16,17). The van der Waals surface area contributed by atoms with Crippen LogP contribution in [0, 0.1) is 6.92 Å². The van der Waals surface area contributed by atoms with E-state index in [2.05, 4.69) is 4.98 Å². The van der Waals surface area contributed by atoms with E-state index < -0.39 is 5.97 Å². The van der Waals surface area contributed by atoms with Crippen LogP contribution < -0.4 is 4.74 Å². The van der Waals surface area contributed by atoms with Crippen LogP contribution in [0.15, 0.2) is 36.5 Å². The van der Waals surface area contributed by atoms with Crippen molar-refractivity contribution in [1.82, 2.24) is 4.98 Å². The van der Waals surface area contributed by atoms with Crippen molar-refractivity contribution in [1.29, 1.82) is 0 Å². The minimum absolute atomic E-state index is 0.186. The Morgan fingerprint density at radius 3 is 2.67 bits per heavy atom. The monoisotopic (exact) mass is 243 g/mol. The molecule has 1 N–H and O–H groups in total. The third-order valence-corrected chi connectivity index (χ3v) is 2.69. The Morgan fingerprint density at radius 1 is 1.33 bits per heavy atom. The predicted molar refractivity (Wildman–Crippen MR) is 67.9 cm³/mol. The summed E-state index contributed by atoms with van der Waals surface area (Å²) in [5.74, 6) is -0.256. The molecule has 0 atom stereocenters. The van der Waals surface area contributed by atoms with Crippen LogP contribution in [0.2, 0.25) is 0 Å². The van der Waals surface area contributed by atoms with Gasteiger partial charge >= 0.3 is 5.97 Å². The molecule has 92 valence electrons. The summed E-state index contributed by atoms with van der Waals surface area (Å²) in [5.41, 5.74) is 2.58. The van der Waals surface area contributed by atoms with Crippen molar-refractivity contribution in [2.45, 2.75) is 6.92 Å². The summed E-state index contributed by atoms with van der Waals surface area (Å²) in [4.78, 5) is 15.1. The summed E-state index contributed by atoms with van der Waals surface area (Å²) in [6.45, 7) is 1.83. The molecule has 4 heteroatoms.